The maximum absolute atomic E-state index is 3.46. The Hall–Kier alpha value is 0.920. The summed E-state index contributed by atoms with van der Waals surface area (Å²) in [6.45, 7) is 0. The average molecular weight is 331 g/mol. The topological polar surface area (TPSA) is 35.0 Å². The minimum absolute atomic E-state index is 0. The van der Waals surface area contributed by atoms with E-state index in [2.05, 4.69) is 31.9 Å². The first-order valence-corrected chi connectivity index (χ1v) is 7.78. The van der Waals surface area contributed by atoms with Crippen molar-refractivity contribution in [3.05, 3.63) is 0 Å². The van der Waals surface area contributed by atoms with Crippen molar-refractivity contribution in [3.63, 3.8) is 0 Å². The Balaban J connectivity index is 0. The van der Waals surface area contributed by atoms with Gasteiger partial charge in [0.1, 0.15) is 0 Å². The molecule has 14 heavy (non-hydrogen) atoms. The molecule has 0 heterocycles. The van der Waals surface area contributed by atoms with E-state index < -0.39 is 0 Å². The predicted octanol–water partition coefficient (Wildman–Crippen LogP) is 5.45. The van der Waals surface area contributed by atoms with Gasteiger partial charge < -0.3 is 6.15 Å². The highest BCUT2D eigenvalue weighted by Crippen LogP contribution is 2.10. The molecule has 0 saturated heterocycles. The van der Waals surface area contributed by atoms with E-state index in [9.17, 15) is 0 Å². The van der Waals surface area contributed by atoms with E-state index in [0.29, 0.717) is 0 Å². The molecule has 0 saturated carbocycles. The minimum atomic E-state index is 0. The van der Waals surface area contributed by atoms with Crippen molar-refractivity contribution in [3.8, 4) is 0 Å². The fourth-order valence-electron chi connectivity index (χ4n) is 1.43. The molecule has 0 aliphatic heterocycles. The Morgan fingerprint density at radius 3 is 0.857 bits per heavy atom. The minimum Gasteiger partial charge on any atom is -0.344 e. The van der Waals surface area contributed by atoms with Crippen molar-refractivity contribution in [2.45, 2.75) is 57.8 Å². The normalized spacial score (nSPS) is 9.86. The lowest BCUT2D eigenvalue weighted by Gasteiger charge is -2.00. The highest BCUT2D eigenvalue weighted by Gasteiger charge is 1.91. The molecule has 0 aliphatic rings. The summed E-state index contributed by atoms with van der Waals surface area (Å²) in [6.07, 6.45) is 12.7. The van der Waals surface area contributed by atoms with Crippen molar-refractivity contribution in [1.82, 2.24) is 6.15 Å². The van der Waals surface area contributed by atoms with Crippen LogP contribution in [0, 0.1) is 0 Å². The van der Waals surface area contributed by atoms with Crippen molar-refractivity contribution >= 4 is 31.9 Å². The molecular weight excluding hydrogens is 306 g/mol. The molecule has 0 rings (SSSR count). The third-order valence-electron chi connectivity index (χ3n) is 2.27. The van der Waals surface area contributed by atoms with Gasteiger partial charge in [-0.3, -0.25) is 0 Å². The summed E-state index contributed by atoms with van der Waals surface area (Å²) < 4.78 is 0. The Morgan fingerprint density at radius 2 is 0.643 bits per heavy atom. The highest BCUT2D eigenvalue weighted by atomic mass is 79.9. The number of rotatable bonds is 10. The van der Waals surface area contributed by atoms with Crippen LogP contribution >= 0.6 is 31.9 Å². The molecular formula is C11H25Br2N. The van der Waals surface area contributed by atoms with E-state index >= 15 is 0 Å². The van der Waals surface area contributed by atoms with Crippen LogP contribution in [-0.2, 0) is 0 Å². The smallest absolute Gasteiger partial charge is 0.00313 e. The van der Waals surface area contributed by atoms with Gasteiger partial charge in [-0.15, -0.1) is 0 Å². The van der Waals surface area contributed by atoms with Gasteiger partial charge in [0.05, 0.1) is 0 Å². The largest absolute Gasteiger partial charge is 0.344 e. The van der Waals surface area contributed by atoms with Gasteiger partial charge in [0.2, 0.25) is 0 Å². The van der Waals surface area contributed by atoms with Crippen LogP contribution in [0.1, 0.15) is 57.8 Å². The molecule has 0 aromatic heterocycles. The van der Waals surface area contributed by atoms with Crippen molar-refractivity contribution in [1.29, 1.82) is 0 Å². The molecule has 0 atom stereocenters. The molecule has 0 aromatic rings. The van der Waals surface area contributed by atoms with E-state index in [0.717, 1.165) is 0 Å². The van der Waals surface area contributed by atoms with E-state index in [-0.39, 0.29) is 6.15 Å². The van der Waals surface area contributed by atoms with Crippen molar-refractivity contribution in [2.24, 2.45) is 0 Å². The maximum Gasteiger partial charge on any atom is 0.00313 e. The Morgan fingerprint density at radius 1 is 0.429 bits per heavy atom. The number of hydrogen-bond acceptors (Lipinski definition) is 1. The summed E-state index contributed by atoms with van der Waals surface area (Å²) in [7, 11) is 0. The first kappa shape index (κ1) is 17.3. The van der Waals surface area contributed by atoms with Crippen LogP contribution in [0.4, 0.5) is 0 Å². The molecule has 0 aromatic carbocycles. The molecule has 1 nitrogen and oxygen atoms in total. The Labute approximate surface area is 106 Å². The second-order valence-corrected chi connectivity index (χ2v) is 5.15. The van der Waals surface area contributed by atoms with Gasteiger partial charge in [-0.1, -0.05) is 76.8 Å². The van der Waals surface area contributed by atoms with Crippen LogP contribution in [0.2, 0.25) is 0 Å². The molecule has 0 unspecified atom stereocenters. The lowest BCUT2D eigenvalue weighted by atomic mass is 10.1. The zero-order valence-electron chi connectivity index (χ0n) is 9.24. The van der Waals surface area contributed by atoms with E-state index in [1.807, 2.05) is 0 Å². The molecule has 0 spiro atoms. The van der Waals surface area contributed by atoms with Gasteiger partial charge in [-0.2, -0.15) is 0 Å². The van der Waals surface area contributed by atoms with E-state index in [1.54, 1.807) is 0 Å². The monoisotopic (exact) mass is 329 g/mol. The molecule has 0 fully saturated rings. The second-order valence-electron chi connectivity index (χ2n) is 3.56. The SMILES string of the molecule is BrCCCCCCCCCCCBr.N. The summed E-state index contributed by atoms with van der Waals surface area (Å²) >= 11 is 6.91. The second kappa shape index (κ2) is 16.4. The van der Waals surface area contributed by atoms with E-state index in [4.69, 9.17) is 0 Å². The standard InChI is InChI=1S/C11H22Br2.H3N/c12-10-8-6-4-2-1-3-5-7-9-11-13;/h1-11H2;1H3. The highest BCUT2D eigenvalue weighted by molar-refractivity contribution is 9.09. The molecule has 3 N–H and O–H groups in total. The van der Waals surface area contributed by atoms with Crippen LogP contribution in [0.5, 0.6) is 0 Å². The quantitative estimate of drug-likeness (QED) is 0.419. The summed E-state index contributed by atoms with van der Waals surface area (Å²) in [5.74, 6) is 0. The number of halogens is 2. The summed E-state index contributed by atoms with van der Waals surface area (Å²) in [6, 6.07) is 0. The van der Waals surface area contributed by atoms with Crippen LogP contribution in [0.25, 0.3) is 0 Å². The van der Waals surface area contributed by atoms with Crippen LogP contribution in [-0.4, -0.2) is 10.7 Å². The average Bonchev–Trinajstić information content (AvgIpc) is 2.16. The molecule has 0 bridgehead atoms. The summed E-state index contributed by atoms with van der Waals surface area (Å²) in [5, 5.41) is 2.36. The summed E-state index contributed by atoms with van der Waals surface area (Å²) in [4.78, 5) is 0. The summed E-state index contributed by atoms with van der Waals surface area (Å²) in [5.41, 5.74) is 0. The van der Waals surface area contributed by atoms with Gasteiger partial charge in [0, 0.05) is 10.7 Å². The fraction of sp³-hybridized carbons (Fsp3) is 1.00. The van der Waals surface area contributed by atoms with Crippen LogP contribution in [0.15, 0.2) is 0 Å². The molecule has 88 valence electrons. The van der Waals surface area contributed by atoms with Crippen LogP contribution in [0.3, 0.4) is 0 Å². The van der Waals surface area contributed by atoms with Gasteiger partial charge in [-0.05, 0) is 12.8 Å². The maximum atomic E-state index is 3.46. The van der Waals surface area contributed by atoms with Gasteiger partial charge in [0.25, 0.3) is 0 Å². The van der Waals surface area contributed by atoms with Gasteiger partial charge in [-0.25, -0.2) is 0 Å². The van der Waals surface area contributed by atoms with Gasteiger partial charge >= 0.3 is 0 Å². The first-order valence-electron chi connectivity index (χ1n) is 5.53. The predicted molar refractivity (Wildman–Crippen MR) is 74.2 cm³/mol. The van der Waals surface area contributed by atoms with E-state index in [1.165, 1.54) is 68.4 Å². The Kier molecular flexibility index (Phi) is 20.2. The zero-order valence-corrected chi connectivity index (χ0v) is 12.4. The van der Waals surface area contributed by atoms with Crippen LogP contribution < -0.4 is 6.15 Å². The third-order valence-corrected chi connectivity index (χ3v) is 3.39. The van der Waals surface area contributed by atoms with Gasteiger partial charge in [0.15, 0.2) is 0 Å². The Bertz CT molecular complexity index is 79.4. The molecule has 0 radical (unpaired) electrons. The van der Waals surface area contributed by atoms with Crippen molar-refractivity contribution < 1.29 is 0 Å². The lowest BCUT2D eigenvalue weighted by molar-refractivity contribution is 0.575. The number of alkyl halides is 2. The number of hydrogen-bond donors (Lipinski definition) is 1. The zero-order chi connectivity index (χ0) is 9.78. The molecule has 3 heteroatoms. The van der Waals surface area contributed by atoms with Crippen molar-refractivity contribution in [2.75, 3.05) is 10.7 Å². The first-order chi connectivity index (χ1) is 6.41. The lowest BCUT2D eigenvalue weighted by Crippen LogP contribution is -1.82. The molecule has 0 aliphatic carbocycles. The fourth-order valence-corrected chi connectivity index (χ4v) is 2.22. The third kappa shape index (κ3) is 15.4. The number of unbranched alkanes of at least 4 members (excludes halogenated alkanes) is 8. The molecule has 0 amide bonds.